The molecule has 0 spiro atoms. The fourth-order valence-corrected chi connectivity index (χ4v) is 4.06. The summed E-state index contributed by atoms with van der Waals surface area (Å²) in [7, 11) is 3.75. The Hall–Kier alpha value is -4.22. The fraction of sp³-hybridized carbons (Fsp3) is 0.357. The summed E-state index contributed by atoms with van der Waals surface area (Å²) in [5.41, 5.74) is 8.82. The predicted molar refractivity (Wildman–Crippen MR) is 157 cm³/mol. The lowest BCUT2D eigenvalue weighted by Crippen LogP contribution is -2.48. The van der Waals surface area contributed by atoms with Gasteiger partial charge in [0.2, 0.25) is 0 Å². The summed E-state index contributed by atoms with van der Waals surface area (Å²) in [6.07, 6.45) is 6.14. The number of nitrogens with one attached hydrogen (secondary N) is 2. The summed E-state index contributed by atoms with van der Waals surface area (Å²) in [6.45, 7) is 14.0. The topological polar surface area (TPSA) is 130 Å². The van der Waals surface area contributed by atoms with Crippen molar-refractivity contribution in [1.29, 1.82) is 0 Å². The molecule has 0 bridgehead atoms. The Balaban J connectivity index is 0.000000643. The van der Waals surface area contributed by atoms with Crippen LogP contribution >= 0.6 is 0 Å². The Morgan fingerprint density at radius 3 is 2.33 bits per heavy atom. The van der Waals surface area contributed by atoms with Gasteiger partial charge in [-0.2, -0.15) is 5.10 Å². The third-order valence-corrected chi connectivity index (χ3v) is 5.98. The van der Waals surface area contributed by atoms with E-state index in [1.54, 1.807) is 22.9 Å². The third-order valence-electron chi connectivity index (χ3n) is 5.98. The second-order valence-corrected chi connectivity index (χ2v) is 9.25. The zero-order valence-corrected chi connectivity index (χ0v) is 23.4. The number of amides is 1. The van der Waals surface area contributed by atoms with Gasteiger partial charge in [0.1, 0.15) is 18.3 Å². The molecule has 1 saturated heterocycles. The zero-order chi connectivity index (χ0) is 28.4. The van der Waals surface area contributed by atoms with E-state index in [2.05, 4.69) is 68.1 Å². The minimum absolute atomic E-state index is 0.283. The van der Waals surface area contributed by atoms with E-state index in [9.17, 15) is 4.79 Å². The molecule has 11 nitrogen and oxygen atoms in total. The Morgan fingerprint density at radius 1 is 1.13 bits per heavy atom. The Morgan fingerprint density at radius 2 is 1.77 bits per heavy atom. The number of benzene rings is 1. The number of anilines is 3. The number of nitrogens with zero attached hydrogens (tertiary/aromatic N) is 6. The molecule has 0 radical (unpaired) electrons. The molecule has 4 heterocycles. The number of fused-ring (bicyclic) bond motifs is 1. The molecule has 3 aromatic heterocycles. The average Bonchev–Trinajstić information content (AvgIpc) is 3.62. The summed E-state index contributed by atoms with van der Waals surface area (Å²) in [4.78, 5) is 25.1. The summed E-state index contributed by atoms with van der Waals surface area (Å²) in [5, 5.41) is 10.4. The van der Waals surface area contributed by atoms with Crippen LogP contribution < -0.4 is 21.3 Å². The number of hydrogen-bond acceptors (Lipinski definition) is 9. The molecule has 1 aliphatic rings. The molecule has 11 heteroatoms. The molecule has 0 unspecified atom stereocenters. The highest BCUT2D eigenvalue weighted by Crippen LogP contribution is 2.27. The molecule has 1 aliphatic heterocycles. The largest absolute Gasteiger partial charge is 0.462 e. The number of furan rings is 1. The van der Waals surface area contributed by atoms with Crippen molar-refractivity contribution in [1.82, 2.24) is 29.8 Å². The molecule has 4 aromatic rings. The second-order valence-electron chi connectivity index (χ2n) is 9.25. The first-order valence-corrected chi connectivity index (χ1v) is 12.9. The molecule has 1 aromatic carbocycles. The SMILES string of the molecule is C=CC.CC(C)N1CCN(c2ccc(Nc3ncc(-c4cc(C(N)=O)co4)n4ncnc34)cc2)CC1.CNC. The Kier molecular flexibility index (Phi) is 10.6. The van der Waals surface area contributed by atoms with Gasteiger partial charge in [0.05, 0.1) is 11.8 Å². The van der Waals surface area contributed by atoms with Crippen molar-refractivity contribution in [3.63, 3.8) is 0 Å². The standard InChI is InChI=1S/C23H26N8O2.C3H6.C2H7N/c1-15(2)29-7-9-30(10-8-29)18-5-3-17(4-6-18)28-22-23-26-14-27-31(23)19(12-25-22)20-11-16(13-33-20)21(24)32;2*1-3-2/h3-6,11-15H,7-10H2,1-2H3,(H2,24,32)(H,25,28);3H,1H2,2H3;3H,1-2H3. The average molecular weight is 534 g/mol. The number of hydrogen-bond donors (Lipinski definition) is 3. The van der Waals surface area contributed by atoms with E-state index in [4.69, 9.17) is 10.2 Å². The van der Waals surface area contributed by atoms with Crippen molar-refractivity contribution >= 4 is 28.7 Å². The molecule has 0 aliphatic carbocycles. The van der Waals surface area contributed by atoms with Crippen LogP contribution in [-0.2, 0) is 0 Å². The maximum Gasteiger partial charge on any atom is 0.251 e. The van der Waals surface area contributed by atoms with Gasteiger partial charge in [0, 0.05) is 43.6 Å². The number of nitrogens with two attached hydrogens (primary N) is 1. The van der Waals surface area contributed by atoms with Crippen LogP contribution in [0.2, 0.25) is 0 Å². The van der Waals surface area contributed by atoms with E-state index in [1.807, 2.05) is 33.2 Å². The minimum Gasteiger partial charge on any atom is -0.462 e. The number of allylic oxidation sites excluding steroid dienone is 1. The fourth-order valence-electron chi connectivity index (χ4n) is 4.06. The predicted octanol–water partition coefficient (Wildman–Crippen LogP) is 3.79. The van der Waals surface area contributed by atoms with Crippen LogP contribution in [0.3, 0.4) is 0 Å². The first-order valence-electron chi connectivity index (χ1n) is 12.9. The van der Waals surface area contributed by atoms with Crippen molar-refractivity contribution in [3.05, 3.63) is 67.3 Å². The first-order chi connectivity index (χ1) is 18.8. The van der Waals surface area contributed by atoms with Gasteiger partial charge in [0.25, 0.3) is 5.91 Å². The lowest BCUT2D eigenvalue weighted by atomic mass is 10.2. The van der Waals surface area contributed by atoms with E-state index in [1.165, 1.54) is 18.3 Å². The molecule has 1 amide bonds. The number of rotatable bonds is 6. The quantitative estimate of drug-likeness (QED) is 0.317. The van der Waals surface area contributed by atoms with Gasteiger partial charge < -0.3 is 25.7 Å². The van der Waals surface area contributed by atoms with Crippen molar-refractivity contribution in [2.24, 2.45) is 5.73 Å². The number of carbonyl (C=O) groups is 1. The van der Waals surface area contributed by atoms with Crippen LogP contribution in [0, 0.1) is 0 Å². The zero-order valence-electron chi connectivity index (χ0n) is 23.4. The molecule has 39 heavy (non-hydrogen) atoms. The summed E-state index contributed by atoms with van der Waals surface area (Å²) in [6, 6.07) is 10.5. The highest BCUT2D eigenvalue weighted by molar-refractivity contribution is 5.93. The summed E-state index contributed by atoms with van der Waals surface area (Å²) in [5.74, 6) is 0.438. The van der Waals surface area contributed by atoms with Crippen molar-refractivity contribution in [3.8, 4) is 11.5 Å². The number of piperazine rings is 1. The molecular weight excluding hydrogens is 494 g/mol. The molecular formula is C28H39N9O2. The second kappa shape index (κ2) is 14.1. The van der Waals surface area contributed by atoms with Crippen LogP contribution in [0.4, 0.5) is 17.2 Å². The monoisotopic (exact) mass is 533 g/mol. The highest BCUT2D eigenvalue weighted by atomic mass is 16.3. The summed E-state index contributed by atoms with van der Waals surface area (Å²) >= 11 is 0. The highest BCUT2D eigenvalue weighted by Gasteiger charge is 2.19. The normalized spacial score (nSPS) is 13.3. The van der Waals surface area contributed by atoms with Crippen LogP contribution in [0.25, 0.3) is 17.1 Å². The number of primary amides is 1. The van der Waals surface area contributed by atoms with Gasteiger partial charge in [-0.3, -0.25) is 9.69 Å². The minimum atomic E-state index is -0.559. The lowest BCUT2D eigenvalue weighted by Gasteiger charge is -2.38. The van der Waals surface area contributed by atoms with E-state index in [0.717, 1.165) is 31.9 Å². The number of aromatic nitrogens is 4. The molecule has 0 saturated carbocycles. The smallest absolute Gasteiger partial charge is 0.251 e. The van der Waals surface area contributed by atoms with Crippen LogP contribution in [-0.4, -0.2) is 76.7 Å². The number of carbonyl (C=O) groups excluding carboxylic acids is 1. The van der Waals surface area contributed by atoms with Gasteiger partial charge in [-0.15, -0.1) is 6.58 Å². The molecule has 0 atom stereocenters. The first kappa shape index (κ1) is 29.3. The Labute approximate surface area is 229 Å². The van der Waals surface area contributed by atoms with Gasteiger partial charge in [0.15, 0.2) is 17.2 Å². The van der Waals surface area contributed by atoms with E-state index in [0.29, 0.717) is 29.0 Å². The van der Waals surface area contributed by atoms with Crippen molar-refractivity contribution in [2.75, 3.05) is 50.5 Å². The van der Waals surface area contributed by atoms with Crippen LogP contribution in [0.1, 0.15) is 31.1 Å². The van der Waals surface area contributed by atoms with E-state index >= 15 is 0 Å². The summed E-state index contributed by atoms with van der Waals surface area (Å²) < 4.78 is 7.09. The van der Waals surface area contributed by atoms with E-state index < -0.39 is 5.91 Å². The van der Waals surface area contributed by atoms with E-state index in [-0.39, 0.29) is 5.56 Å². The Bertz CT molecular complexity index is 1340. The molecule has 1 fully saturated rings. The van der Waals surface area contributed by atoms with Gasteiger partial charge in [-0.05, 0) is 65.2 Å². The molecule has 5 rings (SSSR count). The lowest BCUT2D eigenvalue weighted by molar-refractivity contribution is 0.0999. The van der Waals surface area contributed by atoms with Gasteiger partial charge >= 0.3 is 0 Å². The van der Waals surface area contributed by atoms with Gasteiger partial charge in [-0.1, -0.05) is 6.08 Å². The van der Waals surface area contributed by atoms with Gasteiger partial charge in [-0.25, -0.2) is 14.5 Å². The maximum absolute atomic E-state index is 11.4. The van der Waals surface area contributed by atoms with Crippen molar-refractivity contribution < 1.29 is 9.21 Å². The molecule has 4 N–H and O–H groups in total. The maximum atomic E-state index is 11.4. The van der Waals surface area contributed by atoms with Crippen LogP contribution in [0.15, 0.2) is 66.2 Å². The molecule has 208 valence electrons. The third kappa shape index (κ3) is 7.43. The van der Waals surface area contributed by atoms with Crippen molar-refractivity contribution in [2.45, 2.75) is 26.8 Å². The van der Waals surface area contributed by atoms with Crippen LogP contribution in [0.5, 0.6) is 0 Å².